The number of allylic oxidation sites excluding steroid dienone is 1. The Labute approximate surface area is 405 Å². The summed E-state index contributed by atoms with van der Waals surface area (Å²) in [6, 6.07) is 12.0. The van der Waals surface area contributed by atoms with Crippen LogP contribution in [0, 0.1) is 43.4 Å². The summed E-state index contributed by atoms with van der Waals surface area (Å²) < 4.78 is 20.7. The highest BCUT2D eigenvalue weighted by molar-refractivity contribution is 5.89. The maximum atomic E-state index is 12.8. The average molecular weight is 943 g/mol. The number of aryl methyl sites for hydroxylation is 1. The SMILES string of the molecule is C#Cc1ccc(CNC(=O)C2CCCN2C(=O)CC(C)C)c(OC)c1.C#Cc1ccc(CNC(=O)C2CCCN2C(=O)CC(C)C)c(OCCCOC)c1.C/C(N)=C/NN.CC.Cc1ccon1. The zero-order valence-electron chi connectivity index (χ0n) is 42.1. The van der Waals surface area contributed by atoms with E-state index in [4.69, 9.17) is 38.6 Å². The Morgan fingerprint density at radius 2 is 1.31 bits per heavy atom. The van der Waals surface area contributed by atoms with Crippen LogP contribution in [-0.2, 0) is 37.0 Å². The number of hydrazine groups is 1. The van der Waals surface area contributed by atoms with Gasteiger partial charge in [0.2, 0.25) is 23.6 Å². The molecule has 2 aromatic carbocycles. The smallest absolute Gasteiger partial charge is 0.243 e. The normalized spacial score (nSPS) is 14.8. The Balaban J connectivity index is 0.000000533. The van der Waals surface area contributed by atoms with E-state index in [1.54, 1.807) is 49.3 Å². The summed E-state index contributed by atoms with van der Waals surface area (Å²) in [5.41, 5.74) is 12.2. The predicted molar refractivity (Wildman–Crippen MR) is 267 cm³/mol. The van der Waals surface area contributed by atoms with Gasteiger partial charge in [0.15, 0.2) is 0 Å². The number of amides is 4. The summed E-state index contributed by atoms with van der Waals surface area (Å²) in [7, 11) is 3.22. The second kappa shape index (κ2) is 33.9. The van der Waals surface area contributed by atoms with Crippen molar-refractivity contribution in [3.8, 4) is 36.2 Å². The van der Waals surface area contributed by atoms with E-state index in [0.717, 1.165) is 47.2 Å². The number of nitrogens with two attached hydrogens (primary N) is 2. The fraction of sp³-hybridized carbons (Fsp3) is 0.519. The lowest BCUT2D eigenvalue weighted by Gasteiger charge is -2.25. The molecule has 2 atom stereocenters. The first-order valence-corrected chi connectivity index (χ1v) is 23.3. The van der Waals surface area contributed by atoms with Gasteiger partial charge < -0.3 is 50.3 Å². The molecule has 0 radical (unpaired) electrons. The Hall–Kier alpha value is -6.49. The van der Waals surface area contributed by atoms with Crippen LogP contribution in [0.3, 0.4) is 0 Å². The first-order chi connectivity index (χ1) is 32.6. The van der Waals surface area contributed by atoms with Gasteiger partial charge in [-0.1, -0.05) is 70.7 Å². The number of rotatable bonds is 17. The minimum atomic E-state index is -0.391. The number of aromatic nitrogens is 1. The third kappa shape index (κ3) is 22.3. The number of carbonyl (C=O) groups excluding carboxylic acids is 4. The molecule has 7 N–H and O–H groups in total. The molecule has 16 heteroatoms. The average Bonchev–Trinajstić information content (AvgIpc) is 4.13. The highest BCUT2D eigenvalue weighted by Gasteiger charge is 2.35. The van der Waals surface area contributed by atoms with Crippen molar-refractivity contribution < 1.29 is 37.9 Å². The van der Waals surface area contributed by atoms with Gasteiger partial charge in [0.1, 0.15) is 29.8 Å². The number of methoxy groups -OCH3 is 2. The Kier molecular flexibility index (Phi) is 29.7. The number of likely N-dealkylation sites (tertiary alicyclic amines) is 2. The van der Waals surface area contributed by atoms with Crippen LogP contribution in [0.15, 0.2) is 65.1 Å². The molecule has 4 amide bonds. The topological polar surface area (TPSA) is 217 Å². The van der Waals surface area contributed by atoms with E-state index in [0.29, 0.717) is 82.3 Å². The van der Waals surface area contributed by atoms with E-state index in [9.17, 15) is 19.2 Å². The molecule has 68 heavy (non-hydrogen) atoms. The van der Waals surface area contributed by atoms with Crippen LogP contribution in [0.2, 0.25) is 0 Å². The number of hydrogen-bond acceptors (Lipinski definition) is 12. The Morgan fingerprint density at radius 3 is 1.66 bits per heavy atom. The van der Waals surface area contributed by atoms with Crippen molar-refractivity contribution in [3.05, 3.63) is 88.6 Å². The van der Waals surface area contributed by atoms with E-state index in [1.165, 1.54) is 6.20 Å². The molecular weight excluding hydrogens is 865 g/mol. The van der Waals surface area contributed by atoms with Gasteiger partial charge in [-0.05, 0) is 75.6 Å². The van der Waals surface area contributed by atoms with Gasteiger partial charge in [-0.25, -0.2) is 0 Å². The molecule has 2 fully saturated rings. The van der Waals surface area contributed by atoms with Crippen LogP contribution >= 0.6 is 0 Å². The Bertz CT molecular complexity index is 2070. The number of ether oxygens (including phenoxy) is 3. The summed E-state index contributed by atoms with van der Waals surface area (Å²) in [4.78, 5) is 53.5. The molecular formula is C52H78N8O8. The Morgan fingerprint density at radius 1 is 0.824 bits per heavy atom. The predicted octanol–water partition coefficient (Wildman–Crippen LogP) is 6.35. The first-order valence-electron chi connectivity index (χ1n) is 23.3. The third-order valence-corrected chi connectivity index (χ3v) is 10.1. The van der Waals surface area contributed by atoms with Gasteiger partial charge in [0, 0.05) is 99.4 Å². The maximum Gasteiger partial charge on any atom is 0.243 e. The number of carbonyl (C=O) groups is 4. The van der Waals surface area contributed by atoms with E-state index >= 15 is 0 Å². The van der Waals surface area contributed by atoms with Crippen LogP contribution in [0.4, 0.5) is 0 Å². The van der Waals surface area contributed by atoms with Gasteiger partial charge in [-0.15, -0.1) is 12.8 Å². The van der Waals surface area contributed by atoms with Crippen LogP contribution < -0.4 is 37.1 Å². The van der Waals surface area contributed by atoms with Crippen molar-refractivity contribution in [1.29, 1.82) is 0 Å². The van der Waals surface area contributed by atoms with Crippen molar-refractivity contribution in [2.24, 2.45) is 23.4 Å². The molecule has 0 bridgehead atoms. The second-order valence-electron chi connectivity index (χ2n) is 16.7. The summed E-state index contributed by atoms with van der Waals surface area (Å²) in [5, 5.41) is 9.44. The maximum absolute atomic E-state index is 12.8. The summed E-state index contributed by atoms with van der Waals surface area (Å²) in [5.74, 6) is 11.7. The zero-order chi connectivity index (χ0) is 51.0. The van der Waals surface area contributed by atoms with E-state index in [-0.39, 0.29) is 41.5 Å². The monoisotopic (exact) mass is 943 g/mol. The van der Waals surface area contributed by atoms with Gasteiger partial charge in [-0.2, -0.15) is 0 Å². The van der Waals surface area contributed by atoms with Crippen LogP contribution in [-0.4, -0.2) is 91.2 Å². The lowest BCUT2D eigenvalue weighted by Crippen LogP contribution is -2.46. The van der Waals surface area contributed by atoms with Gasteiger partial charge in [0.25, 0.3) is 0 Å². The van der Waals surface area contributed by atoms with Crippen molar-refractivity contribution in [1.82, 2.24) is 31.0 Å². The first kappa shape index (κ1) is 59.5. The van der Waals surface area contributed by atoms with Crippen molar-refractivity contribution in [3.63, 3.8) is 0 Å². The van der Waals surface area contributed by atoms with Crippen LogP contribution in [0.1, 0.15) is 121 Å². The van der Waals surface area contributed by atoms with Crippen LogP contribution in [0.25, 0.3) is 0 Å². The van der Waals surface area contributed by atoms with Crippen molar-refractivity contribution in [2.75, 3.05) is 40.5 Å². The van der Waals surface area contributed by atoms with E-state index < -0.39 is 6.04 Å². The van der Waals surface area contributed by atoms with E-state index in [1.807, 2.05) is 78.8 Å². The van der Waals surface area contributed by atoms with Crippen molar-refractivity contribution in [2.45, 2.75) is 126 Å². The molecule has 2 saturated heterocycles. The minimum absolute atomic E-state index is 0.0539. The lowest BCUT2D eigenvalue weighted by molar-refractivity contribution is -0.139. The molecule has 3 heterocycles. The fourth-order valence-corrected chi connectivity index (χ4v) is 6.90. The third-order valence-electron chi connectivity index (χ3n) is 10.1. The molecule has 1 aromatic heterocycles. The molecule has 0 saturated carbocycles. The van der Waals surface area contributed by atoms with Gasteiger partial charge in [-0.3, -0.25) is 25.0 Å². The number of hydrogen-bond donors (Lipinski definition) is 5. The molecule has 3 aromatic rings. The van der Waals surface area contributed by atoms with Gasteiger partial charge in [0.05, 0.1) is 19.4 Å². The molecule has 5 rings (SSSR count). The zero-order valence-corrected chi connectivity index (χ0v) is 42.1. The summed E-state index contributed by atoms with van der Waals surface area (Å²) >= 11 is 0. The van der Waals surface area contributed by atoms with Crippen molar-refractivity contribution >= 4 is 23.6 Å². The van der Waals surface area contributed by atoms with Crippen LogP contribution in [0.5, 0.6) is 11.5 Å². The molecule has 0 aliphatic carbocycles. The lowest BCUT2D eigenvalue weighted by atomic mass is 10.1. The second-order valence-corrected chi connectivity index (χ2v) is 16.7. The standard InChI is InChI=1S/C23H32N2O4.C20H26N2O3.C4H5NO.C3H9N3.C2H6/c1-5-18-9-10-19(21(15-18)29-13-7-12-28-4)16-24-23(27)20-8-6-11-25(20)22(26)14-17(2)3;1-5-15-8-9-16(18(12-15)25-4)13-21-20(24)17-7-6-10-22(17)19(23)11-14(2)3;1-4-2-3-6-5-4;1-3(4)2-6-5;1-2/h1,9-10,15,17,20H,6-8,11-14,16H2,2-4H3,(H,24,27);1,8-9,12,14,17H,6-7,10-11,13H2,2-4H3,(H,21,24);2-3H,1H3;2,6H,4-5H2,1H3;1-2H3/b;;;3-2-;. The minimum Gasteiger partial charge on any atom is -0.496 e. The largest absolute Gasteiger partial charge is 0.496 e. The number of nitrogens with zero attached hydrogens (tertiary/aromatic N) is 3. The molecule has 2 aliphatic rings. The summed E-state index contributed by atoms with van der Waals surface area (Å²) in [6.45, 7) is 18.8. The number of benzene rings is 2. The highest BCUT2D eigenvalue weighted by Crippen LogP contribution is 2.24. The summed E-state index contributed by atoms with van der Waals surface area (Å²) in [6.07, 6.45) is 18.8. The highest BCUT2D eigenvalue weighted by atomic mass is 16.5. The molecule has 2 unspecified atom stereocenters. The number of terminal acetylenes is 2. The fourth-order valence-electron chi connectivity index (χ4n) is 6.90. The quantitative estimate of drug-likeness (QED) is 0.0434. The number of nitrogens with one attached hydrogen (secondary N) is 3. The van der Waals surface area contributed by atoms with Gasteiger partial charge >= 0.3 is 0 Å². The molecule has 2 aliphatic heterocycles. The molecule has 0 spiro atoms. The molecule has 374 valence electrons. The van der Waals surface area contributed by atoms with E-state index in [2.05, 4.69) is 37.6 Å². The molecule has 16 nitrogen and oxygen atoms in total.